The molecule has 0 aliphatic carbocycles. The molecule has 0 bridgehead atoms. The minimum absolute atomic E-state index is 0.534. The number of ether oxygens (including phenoxy) is 1. The molecule has 2 N–H and O–H groups in total. The number of methoxy groups -OCH3 is 1. The number of halogens is 1. The van der Waals surface area contributed by atoms with E-state index in [-0.39, 0.29) is 0 Å². The van der Waals surface area contributed by atoms with Gasteiger partial charge in [0, 0.05) is 30.7 Å². The molecule has 3 aromatic rings. The van der Waals surface area contributed by atoms with Crippen molar-refractivity contribution in [3.8, 4) is 5.75 Å². The van der Waals surface area contributed by atoms with E-state index in [1.165, 1.54) is 6.33 Å². The number of nitrogens with one attached hydrogen (secondary N) is 2. The van der Waals surface area contributed by atoms with Crippen molar-refractivity contribution in [2.75, 3.05) is 17.7 Å². The molecule has 0 aliphatic heterocycles. The minimum atomic E-state index is 0.534. The van der Waals surface area contributed by atoms with E-state index in [1.54, 1.807) is 25.4 Å². The number of nitrogens with zero attached hydrogens (tertiary/aromatic N) is 3. The maximum Gasteiger partial charge on any atom is 0.137 e. The molecule has 6 nitrogen and oxygen atoms in total. The molecule has 3 rings (SSSR count). The fourth-order valence-electron chi connectivity index (χ4n) is 2.11. The van der Waals surface area contributed by atoms with E-state index in [1.807, 2.05) is 30.5 Å². The maximum atomic E-state index is 6.13. The Morgan fingerprint density at radius 2 is 2.00 bits per heavy atom. The second kappa shape index (κ2) is 7.61. The first-order chi connectivity index (χ1) is 11.7. The Bertz CT molecular complexity index is 813. The summed E-state index contributed by atoms with van der Waals surface area (Å²) in [5, 5.41) is 6.96. The van der Waals surface area contributed by atoms with Crippen molar-refractivity contribution in [2.24, 2.45) is 0 Å². The number of pyridine rings is 1. The van der Waals surface area contributed by atoms with Crippen LogP contribution >= 0.6 is 11.6 Å². The largest absolute Gasteiger partial charge is 0.495 e. The smallest absolute Gasteiger partial charge is 0.137 e. The van der Waals surface area contributed by atoms with Crippen LogP contribution in [0.4, 0.5) is 17.3 Å². The monoisotopic (exact) mass is 341 g/mol. The molecular formula is C17H16ClN5O. The number of aromatic nitrogens is 3. The van der Waals surface area contributed by atoms with E-state index in [2.05, 4.69) is 25.6 Å². The number of rotatable bonds is 6. The number of hydrogen-bond acceptors (Lipinski definition) is 6. The zero-order valence-corrected chi connectivity index (χ0v) is 13.8. The van der Waals surface area contributed by atoms with Crippen LogP contribution < -0.4 is 15.4 Å². The van der Waals surface area contributed by atoms with Gasteiger partial charge in [-0.15, -0.1) is 0 Å². The predicted octanol–water partition coefficient (Wildman–Crippen LogP) is 3.89. The van der Waals surface area contributed by atoms with Crippen molar-refractivity contribution >= 4 is 28.9 Å². The van der Waals surface area contributed by atoms with E-state index in [0.717, 1.165) is 17.1 Å². The van der Waals surface area contributed by atoms with Gasteiger partial charge in [0.25, 0.3) is 0 Å². The maximum absolute atomic E-state index is 6.13. The van der Waals surface area contributed by atoms with Crippen molar-refractivity contribution in [3.05, 3.63) is 65.7 Å². The first kappa shape index (κ1) is 16.0. The van der Waals surface area contributed by atoms with Crippen LogP contribution in [0.2, 0.25) is 5.02 Å². The van der Waals surface area contributed by atoms with Crippen LogP contribution in [0.15, 0.2) is 55.1 Å². The van der Waals surface area contributed by atoms with Crippen LogP contribution in [0.3, 0.4) is 0 Å². The molecule has 0 aliphatic rings. The van der Waals surface area contributed by atoms with Gasteiger partial charge >= 0.3 is 0 Å². The number of anilines is 3. The van der Waals surface area contributed by atoms with Crippen LogP contribution in [0.25, 0.3) is 0 Å². The second-order valence-electron chi connectivity index (χ2n) is 4.98. The lowest BCUT2D eigenvalue weighted by molar-refractivity contribution is 0.415. The molecule has 0 saturated heterocycles. The Morgan fingerprint density at radius 1 is 1.12 bits per heavy atom. The van der Waals surface area contributed by atoms with Crippen LogP contribution in [0.1, 0.15) is 5.56 Å². The van der Waals surface area contributed by atoms with Crippen LogP contribution in [-0.4, -0.2) is 22.1 Å². The fraction of sp³-hybridized carbons (Fsp3) is 0.118. The van der Waals surface area contributed by atoms with E-state index in [9.17, 15) is 0 Å². The Balaban J connectivity index is 1.67. The zero-order valence-electron chi connectivity index (χ0n) is 13.0. The number of hydrogen-bond donors (Lipinski definition) is 2. The van der Waals surface area contributed by atoms with Gasteiger partial charge in [-0.3, -0.25) is 4.98 Å². The third-order valence-electron chi connectivity index (χ3n) is 3.29. The summed E-state index contributed by atoms with van der Waals surface area (Å²) in [6, 6.07) is 11.2. The van der Waals surface area contributed by atoms with Crippen LogP contribution in [0, 0.1) is 0 Å². The van der Waals surface area contributed by atoms with Crippen LogP contribution in [0.5, 0.6) is 5.75 Å². The third kappa shape index (κ3) is 4.11. The van der Waals surface area contributed by atoms with Gasteiger partial charge in [-0.05, 0) is 29.8 Å². The van der Waals surface area contributed by atoms with Gasteiger partial charge in [0.05, 0.1) is 12.1 Å². The Labute approximate surface area is 144 Å². The van der Waals surface area contributed by atoms with Crippen molar-refractivity contribution in [1.29, 1.82) is 0 Å². The molecule has 1 aromatic carbocycles. The lowest BCUT2D eigenvalue weighted by Crippen LogP contribution is -2.03. The summed E-state index contributed by atoms with van der Waals surface area (Å²) in [4.78, 5) is 12.5. The zero-order chi connectivity index (χ0) is 16.8. The van der Waals surface area contributed by atoms with Gasteiger partial charge < -0.3 is 15.4 Å². The molecule has 0 atom stereocenters. The first-order valence-electron chi connectivity index (χ1n) is 7.30. The second-order valence-corrected chi connectivity index (χ2v) is 5.38. The molecule has 7 heteroatoms. The molecule has 0 unspecified atom stereocenters. The molecule has 0 saturated carbocycles. The topological polar surface area (TPSA) is 72.0 Å². The molecule has 24 heavy (non-hydrogen) atoms. The Hall–Kier alpha value is -2.86. The highest BCUT2D eigenvalue weighted by Gasteiger charge is 2.04. The normalized spacial score (nSPS) is 10.2. The summed E-state index contributed by atoms with van der Waals surface area (Å²) in [6.45, 7) is 0.638. The average Bonchev–Trinajstić information content (AvgIpc) is 2.61. The third-order valence-corrected chi connectivity index (χ3v) is 3.58. The van der Waals surface area contributed by atoms with Crippen molar-refractivity contribution < 1.29 is 4.74 Å². The molecule has 0 amide bonds. The quantitative estimate of drug-likeness (QED) is 0.708. The highest BCUT2D eigenvalue weighted by atomic mass is 35.5. The summed E-state index contributed by atoms with van der Waals surface area (Å²) in [6.07, 6.45) is 5.06. The minimum Gasteiger partial charge on any atom is -0.495 e. The van der Waals surface area contributed by atoms with Gasteiger partial charge in [0.2, 0.25) is 0 Å². The average molecular weight is 342 g/mol. The Kier molecular flexibility index (Phi) is 5.08. The molecule has 2 aromatic heterocycles. The van der Waals surface area contributed by atoms with E-state index >= 15 is 0 Å². The van der Waals surface area contributed by atoms with Gasteiger partial charge in [-0.2, -0.15) is 0 Å². The summed E-state index contributed by atoms with van der Waals surface area (Å²) in [7, 11) is 1.58. The lowest BCUT2D eigenvalue weighted by atomic mass is 10.3. The van der Waals surface area contributed by atoms with Gasteiger partial charge in [-0.1, -0.05) is 17.7 Å². The number of benzene rings is 1. The Morgan fingerprint density at radius 3 is 2.75 bits per heavy atom. The summed E-state index contributed by atoms with van der Waals surface area (Å²) < 4.78 is 5.14. The van der Waals surface area contributed by atoms with Gasteiger partial charge in [0.15, 0.2) is 0 Å². The molecule has 122 valence electrons. The highest BCUT2D eigenvalue weighted by Crippen LogP contribution is 2.28. The van der Waals surface area contributed by atoms with Crippen molar-refractivity contribution in [1.82, 2.24) is 15.0 Å². The first-order valence-corrected chi connectivity index (χ1v) is 7.68. The molecule has 2 heterocycles. The van der Waals surface area contributed by atoms with Crippen molar-refractivity contribution in [2.45, 2.75) is 6.54 Å². The van der Waals surface area contributed by atoms with Crippen molar-refractivity contribution in [3.63, 3.8) is 0 Å². The summed E-state index contributed by atoms with van der Waals surface area (Å²) in [5.41, 5.74) is 1.89. The lowest BCUT2D eigenvalue weighted by Gasteiger charge is -2.10. The van der Waals surface area contributed by atoms with E-state index in [0.29, 0.717) is 23.1 Å². The van der Waals surface area contributed by atoms with Gasteiger partial charge in [0.1, 0.15) is 23.7 Å². The van der Waals surface area contributed by atoms with Crippen LogP contribution in [-0.2, 0) is 6.54 Å². The molecule has 0 spiro atoms. The fourth-order valence-corrected chi connectivity index (χ4v) is 2.37. The standard InChI is InChI=1S/C17H16ClN5O/c1-24-15-5-4-13(7-14(15)18)23-17-8-16(21-11-22-17)20-10-12-3-2-6-19-9-12/h2-9,11H,10H2,1H3,(H2,20,21,22,23). The summed E-state index contributed by atoms with van der Waals surface area (Å²) >= 11 is 6.13. The predicted molar refractivity (Wildman–Crippen MR) is 94.9 cm³/mol. The van der Waals surface area contributed by atoms with Gasteiger partial charge in [-0.25, -0.2) is 9.97 Å². The SMILES string of the molecule is COc1ccc(Nc2cc(NCc3cccnc3)ncn2)cc1Cl. The molecule has 0 radical (unpaired) electrons. The van der Waals surface area contributed by atoms with E-state index < -0.39 is 0 Å². The van der Waals surface area contributed by atoms with E-state index in [4.69, 9.17) is 16.3 Å². The molecule has 0 fully saturated rings. The molecular weight excluding hydrogens is 326 g/mol. The highest BCUT2D eigenvalue weighted by molar-refractivity contribution is 6.32. The summed E-state index contributed by atoms with van der Waals surface area (Å²) in [5.74, 6) is 2.01.